The first-order valence-electron chi connectivity index (χ1n) is 8.15. The Bertz CT molecular complexity index is 709. The van der Waals surface area contributed by atoms with Gasteiger partial charge >= 0.3 is 0 Å². The smallest absolute Gasteiger partial charge is 0.246 e. The fourth-order valence-electron chi connectivity index (χ4n) is 2.33. The van der Waals surface area contributed by atoms with E-state index in [1.165, 1.54) is 0 Å². The maximum absolute atomic E-state index is 12.2. The molecule has 1 saturated carbocycles. The van der Waals surface area contributed by atoms with Gasteiger partial charge in [0.2, 0.25) is 11.8 Å². The molecule has 0 spiro atoms. The average Bonchev–Trinajstić information content (AvgIpc) is 3.42. The average molecular weight is 323 g/mol. The van der Waals surface area contributed by atoms with Gasteiger partial charge in [-0.05, 0) is 56.2 Å². The number of nitrogens with one attached hydrogen (secondary N) is 3. The fraction of sp³-hybridized carbons (Fsp3) is 0.263. The van der Waals surface area contributed by atoms with Crippen LogP contribution in [0, 0.1) is 5.92 Å². The Kier molecular flexibility index (Phi) is 4.79. The molecule has 1 fully saturated rings. The van der Waals surface area contributed by atoms with Crippen molar-refractivity contribution in [1.82, 2.24) is 0 Å². The SMILES string of the molecule is C[C@@H](Nc1ccc(NC(=O)C2CC2)cc1)C(=O)Nc1ccccc1. The van der Waals surface area contributed by atoms with Gasteiger partial charge in [0.1, 0.15) is 6.04 Å². The molecular weight excluding hydrogens is 302 g/mol. The van der Waals surface area contributed by atoms with Crippen LogP contribution in [0.5, 0.6) is 0 Å². The highest BCUT2D eigenvalue weighted by Crippen LogP contribution is 2.30. The largest absolute Gasteiger partial charge is 0.374 e. The number of hydrogen-bond acceptors (Lipinski definition) is 3. The summed E-state index contributed by atoms with van der Waals surface area (Å²) in [5.74, 6) is 0.170. The van der Waals surface area contributed by atoms with E-state index in [2.05, 4.69) is 16.0 Å². The van der Waals surface area contributed by atoms with Crippen molar-refractivity contribution in [1.29, 1.82) is 0 Å². The summed E-state index contributed by atoms with van der Waals surface area (Å²) in [6.45, 7) is 1.81. The second kappa shape index (κ2) is 7.17. The van der Waals surface area contributed by atoms with Crippen LogP contribution < -0.4 is 16.0 Å². The molecule has 0 radical (unpaired) electrons. The van der Waals surface area contributed by atoms with Gasteiger partial charge in [0.25, 0.3) is 0 Å². The number of benzene rings is 2. The molecule has 1 atom stereocenters. The molecule has 5 heteroatoms. The van der Waals surface area contributed by atoms with Crippen molar-refractivity contribution in [3.63, 3.8) is 0 Å². The highest BCUT2D eigenvalue weighted by Gasteiger charge is 2.29. The standard InChI is InChI=1S/C19H21N3O2/c1-13(18(23)21-15-5-3-2-4-6-15)20-16-9-11-17(12-10-16)22-19(24)14-7-8-14/h2-6,9-14,20H,7-8H2,1H3,(H,21,23)(H,22,24)/t13-/m1/s1. The zero-order valence-electron chi connectivity index (χ0n) is 13.6. The van der Waals surface area contributed by atoms with Crippen LogP contribution in [0.3, 0.4) is 0 Å². The van der Waals surface area contributed by atoms with Gasteiger partial charge in [-0.25, -0.2) is 0 Å². The van der Waals surface area contributed by atoms with Gasteiger partial charge in [0.05, 0.1) is 0 Å². The summed E-state index contributed by atoms with van der Waals surface area (Å²) in [7, 11) is 0. The Labute approximate surface area is 141 Å². The highest BCUT2D eigenvalue weighted by atomic mass is 16.2. The maximum Gasteiger partial charge on any atom is 0.246 e. The molecule has 0 saturated heterocycles. The monoisotopic (exact) mass is 323 g/mol. The van der Waals surface area contributed by atoms with Crippen molar-refractivity contribution in [2.75, 3.05) is 16.0 Å². The lowest BCUT2D eigenvalue weighted by Crippen LogP contribution is -2.31. The topological polar surface area (TPSA) is 70.2 Å². The third-order valence-corrected chi connectivity index (χ3v) is 3.92. The molecule has 0 unspecified atom stereocenters. The fourth-order valence-corrected chi connectivity index (χ4v) is 2.33. The Balaban J connectivity index is 1.52. The van der Waals surface area contributed by atoms with Gasteiger partial charge in [-0.3, -0.25) is 9.59 Å². The molecule has 3 rings (SSSR count). The Morgan fingerprint density at radius 3 is 2.08 bits per heavy atom. The molecule has 2 aromatic rings. The van der Waals surface area contributed by atoms with Crippen LogP contribution in [0.1, 0.15) is 19.8 Å². The van der Waals surface area contributed by atoms with Crippen LogP contribution in [0.15, 0.2) is 54.6 Å². The predicted octanol–water partition coefficient (Wildman–Crippen LogP) is 3.47. The number of carbonyl (C=O) groups is 2. The molecule has 2 amide bonds. The molecule has 24 heavy (non-hydrogen) atoms. The van der Waals surface area contributed by atoms with Crippen molar-refractivity contribution in [3.05, 3.63) is 54.6 Å². The lowest BCUT2D eigenvalue weighted by Gasteiger charge is -2.15. The molecule has 0 bridgehead atoms. The summed E-state index contributed by atoms with van der Waals surface area (Å²) < 4.78 is 0. The van der Waals surface area contributed by atoms with E-state index in [1.54, 1.807) is 6.92 Å². The van der Waals surface area contributed by atoms with E-state index in [4.69, 9.17) is 0 Å². The minimum absolute atomic E-state index is 0.0892. The number of amides is 2. The van der Waals surface area contributed by atoms with E-state index in [9.17, 15) is 9.59 Å². The van der Waals surface area contributed by atoms with E-state index in [0.29, 0.717) is 0 Å². The quantitative estimate of drug-likeness (QED) is 0.762. The summed E-state index contributed by atoms with van der Waals surface area (Å²) in [4.78, 5) is 23.9. The minimum atomic E-state index is -0.378. The molecule has 5 nitrogen and oxygen atoms in total. The van der Waals surface area contributed by atoms with Crippen molar-refractivity contribution in [3.8, 4) is 0 Å². The summed E-state index contributed by atoms with van der Waals surface area (Å²) in [5.41, 5.74) is 2.38. The number of hydrogen-bond donors (Lipinski definition) is 3. The molecule has 0 aromatic heterocycles. The van der Waals surface area contributed by atoms with Crippen molar-refractivity contribution in [2.24, 2.45) is 5.92 Å². The second-order valence-corrected chi connectivity index (χ2v) is 6.06. The molecule has 3 N–H and O–H groups in total. The van der Waals surface area contributed by atoms with E-state index >= 15 is 0 Å². The third-order valence-electron chi connectivity index (χ3n) is 3.92. The number of anilines is 3. The van der Waals surface area contributed by atoms with Crippen molar-refractivity contribution >= 4 is 28.9 Å². The molecule has 0 aliphatic heterocycles. The van der Waals surface area contributed by atoms with Gasteiger partial charge in [-0.2, -0.15) is 0 Å². The summed E-state index contributed by atoms with van der Waals surface area (Å²) in [6.07, 6.45) is 1.97. The maximum atomic E-state index is 12.2. The van der Waals surface area contributed by atoms with Crippen LogP contribution in [-0.4, -0.2) is 17.9 Å². The number of para-hydroxylation sites is 1. The predicted molar refractivity (Wildman–Crippen MR) is 96.0 cm³/mol. The number of carbonyl (C=O) groups excluding carboxylic acids is 2. The molecule has 1 aliphatic carbocycles. The zero-order chi connectivity index (χ0) is 16.9. The van der Waals surface area contributed by atoms with E-state index in [1.807, 2.05) is 54.6 Å². The lowest BCUT2D eigenvalue weighted by atomic mass is 10.2. The van der Waals surface area contributed by atoms with Crippen LogP contribution in [0.2, 0.25) is 0 Å². The second-order valence-electron chi connectivity index (χ2n) is 6.06. The first-order chi connectivity index (χ1) is 11.6. The molecule has 124 valence electrons. The number of rotatable bonds is 6. The van der Waals surface area contributed by atoms with Gasteiger partial charge in [0, 0.05) is 23.0 Å². The lowest BCUT2D eigenvalue weighted by molar-refractivity contribution is -0.117. The first-order valence-corrected chi connectivity index (χ1v) is 8.15. The highest BCUT2D eigenvalue weighted by molar-refractivity contribution is 5.96. The Morgan fingerprint density at radius 2 is 1.46 bits per heavy atom. The van der Waals surface area contributed by atoms with Gasteiger partial charge in [-0.15, -0.1) is 0 Å². The molecule has 1 aliphatic rings. The third kappa shape index (κ3) is 4.35. The van der Waals surface area contributed by atoms with Crippen LogP contribution in [0.4, 0.5) is 17.1 Å². The Hall–Kier alpha value is -2.82. The summed E-state index contributed by atoms with van der Waals surface area (Å²) in [5, 5.41) is 8.91. The van der Waals surface area contributed by atoms with E-state index < -0.39 is 0 Å². The van der Waals surface area contributed by atoms with Crippen LogP contribution in [-0.2, 0) is 9.59 Å². The zero-order valence-corrected chi connectivity index (χ0v) is 13.6. The van der Waals surface area contributed by atoms with E-state index in [0.717, 1.165) is 29.9 Å². The summed E-state index contributed by atoms with van der Waals surface area (Å²) in [6, 6.07) is 16.4. The van der Waals surface area contributed by atoms with Crippen molar-refractivity contribution in [2.45, 2.75) is 25.8 Å². The Morgan fingerprint density at radius 1 is 0.875 bits per heavy atom. The molecule has 0 heterocycles. The minimum Gasteiger partial charge on any atom is -0.374 e. The molecular formula is C19H21N3O2. The van der Waals surface area contributed by atoms with Gasteiger partial charge < -0.3 is 16.0 Å². The van der Waals surface area contributed by atoms with Crippen LogP contribution in [0.25, 0.3) is 0 Å². The van der Waals surface area contributed by atoms with Gasteiger partial charge in [-0.1, -0.05) is 18.2 Å². The van der Waals surface area contributed by atoms with Gasteiger partial charge in [0.15, 0.2) is 0 Å². The molecule has 2 aromatic carbocycles. The van der Waals surface area contributed by atoms with E-state index in [-0.39, 0.29) is 23.8 Å². The van der Waals surface area contributed by atoms with Crippen LogP contribution >= 0.6 is 0 Å². The normalized spacial score (nSPS) is 14.5. The first kappa shape index (κ1) is 16.1. The summed E-state index contributed by atoms with van der Waals surface area (Å²) >= 11 is 0. The van der Waals surface area contributed by atoms with Crippen molar-refractivity contribution < 1.29 is 9.59 Å².